The third-order valence-electron chi connectivity index (χ3n) is 6.57. The first-order valence-corrected chi connectivity index (χ1v) is 11.5. The quantitative estimate of drug-likeness (QED) is 0.521. The van der Waals surface area contributed by atoms with Crippen LogP contribution in [0.5, 0.6) is 0 Å². The molecule has 0 unspecified atom stereocenters. The van der Waals surface area contributed by atoms with Gasteiger partial charge >= 0.3 is 0 Å². The predicted molar refractivity (Wildman–Crippen MR) is 127 cm³/mol. The number of aromatic nitrogens is 3. The molecule has 0 bridgehead atoms. The van der Waals surface area contributed by atoms with Gasteiger partial charge < -0.3 is 26.0 Å². The van der Waals surface area contributed by atoms with Crippen molar-refractivity contribution < 1.29 is 9.90 Å². The molecule has 8 nitrogen and oxygen atoms in total. The Morgan fingerprint density at radius 3 is 2.76 bits per heavy atom. The highest BCUT2D eigenvalue weighted by atomic mass is 16.3. The van der Waals surface area contributed by atoms with E-state index in [1.165, 1.54) is 0 Å². The van der Waals surface area contributed by atoms with Gasteiger partial charge in [-0.1, -0.05) is 24.3 Å². The van der Waals surface area contributed by atoms with E-state index in [1.807, 2.05) is 22.8 Å². The van der Waals surface area contributed by atoms with Gasteiger partial charge in [0.05, 0.1) is 11.1 Å². The summed E-state index contributed by atoms with van der Waals surface area (Å²) < 4.78 is 1.84. The van der Waals surface area contributed by atoms with Crippen molar-refractivity contribution >= 4 is 22.8 Å². The molecule has 1 saturated heterocycles. The lowest BCUT2D eigenvalue weighted by Gasteiger charge is -2.26. The van der Waals surface area contributed by atoms with E-state index in [0.29, 0.717) is 37.3 Å². The number of anilines is 1. The van der Waals surface area contributed by atoms with Gasteiger partial charge in [0, 0.05) is 42.5 Å². The zero-order valence-electron chi connectivity index (χ0n) is 18.5. The van der Waals surface area contributed by atoms with Crippen LogP contribution in [0.4, 0.5) is 5.95 Å². The molecule has 0 radical (unpaired) electrons. The molecule has 0 spiro atoms. The summed E-state index contributed by atoms with van der Waals surface area (Å²) in [5.74, 6) is 6.92. The van der Waals surface area contributed by atoms with Crippen molar-refractivity contribution in [2.24, 2.45) is 5.73 Å². The SMILES string of the molecule is Nc1nccc(-n2cc(C(=O)N3CC[C@H](N)C3)c3ccc(C#CC4(O)CCCCC4)cc32)n1. The largest absolute Gasteiger partial charge is 0.378 e. The number of nitrogens with two attached hydrogens (primary N) is 2. The van der Waals surface area contributed by atoms with Gasteiger partial charge in [-0.05, 0) is 50.3 Å². The zero-order valence-corrected chi connectivity index (χ0v) is 18.5. The fourth-order valence-electron chi connectivity index (χ4n) is 4.75. The molecule has 170 valence electrons. The molecule has 1 amide bonds. The first kappa shape index (κ1) is 21.4. The van der Waals surface area contributed by atoms with E-state index in [4.69, 9.17) is 11.5 Å². The first-order valence-electron chi connectivity index (χ1n) is 11.5. The summed E-state index contributed by atoms with van der Waals surface area (Å²) in [5, 5.41) is 11.6. The van der Waals surface area contributed by atoms with Crippen LogP contribution < -0.4 is 11.5 Å². The molecule has 2 aliphatic rings. The highest BCUT2D eigenvalue weighted by Crippen LogP contribution is 2.29. The summed E-state index contributed by atoms with van der Waals surface area (Å²) in [4.78, 5) is 23.4. The number of fused-ring (bicyclic) bond motifs is 1. The van der Waals surface area contributed by atoms with Crippen LogP contribution in [0.25, 0.3) is 16.7 Å². The van der Waals surface area contributed by atoms with Gasteiger partial charge in [0.2, 0.25) is 5.95 Å². The van der Waals surface area contributed by atoms with Crippen molar-refractivity contribution in [1.29, 1.82) is 0 Å². The highest BCUT2D eigenvalue weighted by molar-refractivity contribution is 6.07. The Labute approximate surface area is 192 Å². The zero-order chi connectivity index (χ0) is 23.0. The second-order valence-electron chi connectivity index (χ2n) is 9.06. The summed E-state index contributed by atoms with van der Waals surface area (Å²) in [7, 11) is 0. The molecule has 2 fully saturated rings. The maximum atomic E-state index is 13.3. The molecule has 1 aromatic carbocycles. The molecule has 1 aliphatic carbocycles. The summed E-state index contributed by atoms with van der Waals surface area (Å²) in [6.07, 6.45) is 8.73. The third kappa shape index (κ3) is 4.30. The lowest BCUT2D eigenvalue weighted by atomic mass is 9.85. The Morgan fingerprint density at radius 1 is 1.21 bits per heavy atom. The summed E-state index contributed by atoms with van der Waals surface area (Å²) in [5.41, 5.74) is 13.1. The maximum absolute atomic E-state index is 13.3. The summed E-state index contributed by atoms with van der Waals surface area (Å²) >= 11 is 0. The van der Waals surface area contributed by atoms with Gasteiger partial charge in [0.1, 0.15) is 11.4 Å². The van der Waals surface area contributed by atoms with Crippen LogP contribution in [0.15, 0.2) is 36.7 Å². The Balaban J connectivity index is 1.59. The van der Waals surface area contributed by atoms with Crippen molar-refractivity contribution in [3.05, 3.63) is 47.8 Å². The number of amides is 1. The van der Waals surface area contributed by atoms with Crippen molar-refractivity contribution in [1.82, 2.24) is 19.4 Å². The molecule has 5 rings (SSSR count). The van der Waals surface area contributed by atoms with Gasteiger partial charge in [-0.3, -0.25) is 4.79 Å². The number of nitrogen functional groups attached to an aromatic ring is 1. The maximum Gasteiger partial charge on any atom is 0.256 e. The molecule has 1 aliphatic heterocycles. The predicted octanol–water partition coefficient (Wildman–Crippen LogP) is 2.22. The van der Waals surface area contributed by atoms with E-state index in [9.17, 15) is 9.90 Å². The molecule has 1 saturated carbocycles. The Hall–Kier alpha value is -3.41. The number of carbonyl (C=O) groups is 1. The smallest absolute Gasteiger partial charge is 0.256 e. The molecule has 33 heavy (non-hydrogen) atoms. The van der Waals surface area contributed by atoms with Crippen LogP contribution in [0.1, 0.15) is 54.4 Å². The van der Waals surface area contributed by atoms with E-state index in [0.717, 1.165) is 42.1 Å². The molecule has 8 heteroatoms. The molecule has 2 aromatic heterocycles. The van der Waals surface area contributed by atoms with Crippen LogP contribution in [0, 0.1) is 11.8 Å². The second-order valence-corrected chi connectivity index (χ2v) is 9.06. The standard InChI is InChI=1S/C25H28N6O2/c26-18-8-13-30(15-18)23(32)20-16-31(22-7-12-28-24(27)29-22)21-14-17(4-5-19(20)21)6-11-25(33)9-2-1-3-10-25/h4-5,7,12,14,16,18,33H,1-3,8-10,13,15,26H2,(H2,27,28,29)/t18-/m0/s1. The lowest BCUT2D eigenvalue weighted by molar-refractivity contribution is 0.0610. The minimum atomic E-state index is -0.925. The average molecular weight is 445 g/mol. The highest BCUT2D eigenvalue weighted by Gasteiger charge is 2.28. The molecule has 3 heterocycles. The van der Waals surface area contributed by atoms with Crippen molar-refractivity contribution in [2.45, 2.75) is 50.2 Å². The van der Waals surface area contributed by atoms with Crippen LogP contribution in [0.3, 0.4) is 0 Å². The molecule has 1 atom stereocenters. The first-order chi connectivity index (χ1) is 15.9. The number of benzene rings is 1. The van der Waals surface area contributed by atoms with Crippen LogP contribution in [-0.4, -0.2) is 55.2 Å². The minimum Gasteiger partial charge on any atom is -0.378 e. The van der Waals surface area contributed by atoms with E-state index < -0.39 is 5.60 Å². The summed E-state index contributed by atoms with van der Waals surface area (Å²) in [6.45, 7) is 1.20. The number of rotatable bonds is 2. The Bertz CT molecular complexity index is 1260. The van der Waals surface area contributed by atoms with Crippen molar-refractivity contribution in [3.8, 4) is 17.7 Å². The normalized spacial score (nSPS) is 19.9. The van der Waals surface area contributed by atoms with Crippen LogP contribution >= 0.6 is 0 Å². The Kier molecular flexibility index (Phi) is 5.52. The topological polar surface area (TPSA) is 123 Å². The summed E-state index contributed by atoms with van der Waals surface area (Å²) in [6, 6.07) is 7.50. The van der Waals surface area contributed by atoms with E-state index in [1.54, 1.807) is 23.4 Å². The minimum absolute atomic E-state index is 0.0106. The monoisotopic (exact) mass is 444 g/mol. The van der Waals surface area contributed by atoms with E-state index in [-0.39, 0.29) is 17.9 Å². The number of carbonyl (C=O) groups excluding carboxylic acids is 1. The molecule has 5 N–H and O–H groups in total. The average Bonchev–Trinajstić information content (AvgIpc) is 3.41. The van der Waals surface area contributed by atoms with Gasteiger partial charge in [-0.25, -0.2) is 4.98 Å². The van der Waals surface area contributed by atoms with Crippen LogP contribution in [-0.2, 0) is 0 Å². The number of likely N-dealkylation sites (tertiary alicyclic amines) is 1. The number of aliphatic hydroxyl groups is 1. The van der Waals surface area contributed by atoms with E-state index in [2.05, 4.69) is 21.8 Å². The van der Waals surface area contributed by atoms with E-state index >= 15 is 0 Å². The van der Waals surface area contributed by atoms with Gasteiger partial charge in [0.15, 0.2) is 0 Å². The van der Waals surface area contributed by atoms with Crippen molar-refractivity contribution in [3.63, 3.8) is 0 Å². The third-order valence-corrected chi connectivity index (χ3v) is 6.57. The van der Waals surface area contributed by atoms with Gasteiger partial charge in [-0.2, -0.15) is 4.98 Å². The fourth-order valence-corrected chi connectivity index (χ4v) is 4.75. The molecular weight excluding hydrogens is 416 g/mol. The lowest BCUT2D eigenvalue weighted by Crippen LogP contribution is -2.31. The number of nitrogens with zero attached hydrogens (tertiary/aromatic N) is 4. The van der Waals surface area contributed by atoms with Crippen molar-refractivity contribution in [2.75, 3.05) is 18.8 Å². The number of hydrogen-bond donors (Lipinski definition) is 3. The fraction of sp³-hybridized carbons (Fsp3) is 0.400. The number of hydrogen-bond acceptors (Lipinski definition) is 6. The van der Waals surface area contributed by atoms with Gasteiger partial charge in [0.25, 0.3) is 5.91 Å². The molecule has 3 aromatic rings. The Morgan fingerprint density at radius 2 is 2.03 bits per heavy atom. The molecular formula is C25H28N6O2. The van der Waals surface area contributed by atoms with Crippen LogP contribution in [0.2, 0.25) is 0 Å². The second kappa shape index (κ2) is 8.50. The van der Waals surface area contributed by atoms with Gasteiger partial charge in [-0.15, -0.1) is 0 Å².